The topological polar surface area (TPSA) is 344 Å². The van der Waals surface area contributed by atoms with E-state index in [1.807, 2.05) is 6.92 Å². The highest BCUT2D eigenvalue weighted by Gasteiger charge is 2.76. The second kappa shape index (κ2) is 21.0. The molecule has 12 N–H and O–H groups in total. The van der Waals surface area contributed by atoms with E-state index in [0.717, 1.165) is 25.7 Å². The molecule has 1 spiro atoms. The average Bonchev–Trinajstić information content (AvgIpc) is 3.96. The Balaban J connectivity index is 0.829. The van der Waals surface area contributed by atoms with Gasteiger partial charge in [-0.15, -0.1) is 0 Å². The maximum absolute atomic E-state index is 12.1. The first-order valence-electron chi connectivity index (χ1n) is 27.3. The van der Waals surface area contributed by atoms with Gasteiger partial charge in [0.05, 0.1) is 43.7 Å². The Morgan fingerprint density at radius 2 is 1.19 bits per heavy atom. The second-order valence-corrected chi connectivity index (χ2v) is 24.5. The summed E-state index contributed by atoms with van der Waals surface area (Å²) in [5, 5.41) is 127. The first-order valence-corrected chi connectivity index (χ1v) is 27.3. The van der Waals surface area contributed by atoms with Crippen LogP contribution in [-0.2, 0) is 52.1 Å². The summed E-state index contributed by atoms with van der Waals surface area (Å²) >= 11 is 0. The largest absolute Gasteiger partial charge is 0.394 e. The van der Waals surface area contributed by atoms with E-state index < -0.39 is 159 Å². The maximum atomic E-state index is 12.1. The van der Waals surface area contributed by atoms with Gasteiger partial charge < -0.3 is 113 Å². The standard InChI is InChI=1S/C52H84O23/c1-21-43-50(6)13-11-27-26(28(50)17-52(43,65-7)75-51(21)15-14-48(4,74-51)20-66-44-37(61)36(60)33(57)29(18-53)70-44)9-8-24-16-25(10-12-49(24,27)5)69-47-42(73-46-39(63)35(59)32(56)23(3)68-46)40(64)41(30(19-54)71-47)72-45-38(62)34(58)31(55)22(2)67-45/h8,21-23,25-47,53-64H,9-20H2,1-7H3/t21-,22-,23-,25-,26+,27-,28-,29+,30+,31-,32-,33+,34+,35+,36-,37+,38+,39+,40-,41+,42+,43+,44+,45-,46-,47+,48-,49-,50-,51+,52-/m0/s1. The quantitative estimate of drug-likeness (QED) is 0.0955. The molecule has 31 atom stereocenters. The average molecular weight is 1080 g/mol. The number of rotatable bonds is 12. The first kappa shape index (κ1) is 57.1. The molecule has 6 saturated heterocycles. The number of fused-ring (bicyclic) bond motifs is 7. The van der Waals surface area contributed by atoms with E-state index in [9.17, 15) is 61.3 Å². The number of ether oxygens (including phenoxy) is 11. The number of hydrogen-bond donors (Lipinski definition) is 12. The van der Waals surface area contributed by atoms with Gasteiger partial charge in [0.2, 0.25) is 0 Å². The summed E-state index contributed by atoms with van der Waals surface area (Å²) in [6.07, 6.45) is -20.7. The van der Waals surface area contributed by atoms with Crippen LogP contribution in [0.5, 0.6) is 0 Å². The number of allylic oxidation sites excluding steroid dienone is 1. The molecule has 6 heterocycles. The highest BCUT2D eigenvalue weighted by Crippen LogP contribution is 2.74. The molecule has 430 valence electrons. The van der Waals surface area contributed by atoms with E-state index >= 15 is 0 Å². The molecule has 23 nitrogen and oxygen atoms in total. The van der Waals surface area contributed by atoms with Crippen LogP contribution in [0.25, 0.3) is 0 Å². The molecule has 3 saturated carbocycles. The molecule has 0 radical (unpaired) electrons. The van der Waals surface area contributed by atoms with Crippen molar-refractivity contribution in [2.45, 2.75) is 245 Å². The highest BCUT2D eigenvalue weighted by molar-refractivity contribution is 5.27. The van der Waals surface area contributed by atoms with Gasteiger partial charge in [0, 0.05) is 31.8 Å². The Morgan fingerprint density at radius 1 is 0.587 bits per heavy atom. The minimum Gasteiger partial charge on any atom is -0.394 e. The summed E-state index contributed by atoms with van der Waals surface area (Å²) in [7, 11) is 1.72. The van der Waals surface area contributed by atoms with E-state index in [1.165, 1.54) is 19.4 Å². The van der Waals surface area contributed by atoms with Gasteiger partial charge in [0.15, 0.2) is 36.7 Å². The van der Waals surface area contributed by atoms with Crippen molar-refractivity contribution in [1.29, 1.82) is 0 Å². The molecule has 6 aliphatic heterocycles. The minimum absolute atomic E-state index is 0.000148. The third kappa shape index (κ3) is 9.43. The summed E-state index contributed by atoms with van der Waals surface area (Å²) in [6.45, 7) is 10.6. The van der Waals surface area contributed by atoms with Crippen LogP contribution in [0.4, 0.5) is 0 Å². The molecule has 0 bridgehead atoms. The predicted octanol–water partition coefficient (Wildman–Crippen LogP) is -1.85. The van der Waals surface area contributed by atoms with Crippen LogP contribution in [-0.4, -0.2) is 234 Å². The van der Waals surface area contributed by atoms with Gasteiger partial charge >= 0.3 is 0 Å². The first-order chi connectivity index (χ1) is 35.4. The van der Waals surface area contributed by atoms with E-state index in [0.29, 0.717) is 43.9 Å². The van der Waals surface area contributed by atoms with Gasteiger partial charge in [-0.1, -0.05) is 32.4 Å². The minimum atomic E-state index is -1.75. The van der Waals surface area contributed by atoms with Gasteiger partial charge in [0.25, 0.3) is 0 Å². The lowest BCUT2D eigenvalue weighted by atomic mass is 9.47. The lowest BCUT2D eigenvalue weighted by Crippen LogP contribution is -2.66. The van der Waals surface area contributed by atoms with Crippen LogP contribution in [0.15, 0.2) is 11.6 Å². The van der Waals surface area contributed by atoms with Crippen molar-refractivity contribution in [2.24, 2.45) is 40.4 Å². The zero-order valence-corrected chi connectivity index (χ0v) is 43.9. The molecule has 0 aromatic rings. The number of methoxy groups -OCH3 is 1. The van der Waals surface area contributed by atoms with Crippen molar-refractivity contribution in [3.05, 3.63) is 11.6 Å². The van der Waals surface area contributed by atoms with Crippen molar-refractivity contribution in [2.75, 3.05) is 26.9 Å². The molecule has 4 aliphatic carbocycles. The Kier molecular flexibility index (Phi) is 16.0. The Labute approximate surface area is 436 Å². The van der Waals surface area contributed by atoms with Crippen LogP contribution < -0.4 is 0 Å². The van der Waals surface area contributed by atoms with Gasteiger partial charge in [0.1, 0.15) is 85.5 Å². The van der Waals surface area contributed by atoms with Crippen LogP contribution in [0, 0.1) is 40.4 Å². The van der Waals surface area contributed by atoms with Gasteiger partial charge in [-0.25, -0.2) is 0 Å². The van der Waals surface area contributed by atoms with Gasteiger partial charge in [-0.3, -0.25) is 0 Å². The SMILES string of the molecule is CO[C@]12C[C@H]3[C@@H]4CC=C5C[C@@H](O[C@@H]6O[C@H](CO)[C@@H](O[C@@H]7O[C@@H](C)[C@H](O)[C@@H](O)[C@H]7O)[C@H](O)[C@H]6O[C@@H]6O[C@@H](C)[C@H](O)[C@@H](O)[C@H]6O)CC[C@]5(C)[C@H]4CC[C@]3(C)[C@H]1[C@H](C)[C@@]1(CC[C@@](C)(CO[C@@H]3O[C@H](CO)[C@@H](O)[C@H](O)[C@H]3O)O1)O2. The van der Waals surface area contributed by atoms with Crippen molar-refractivity contribution >= 4 is 0 Å². The van der Waals surface area contributed by atoms with Crippen LogP contribution >= 0.6 is 0 Å². The number of hydrogen-bond acceptors (Lipinski definition) is 23. The Morgan fingerprint density at radius 3 is 1.81 bits per heavy atom. The van der Waals surface area contributed by atoms with E-state index in [4.69, 9.17) is 52.1 Å². The van der Waals surface area contributed by atoms with Crippen molar-refractivity contribution in [3.8, 4) is 0 Å². The smallest absolute Gasteiger partial charge is 0.187 e. The van der Waals surface area contributed by atoms with Gasteiger partial charge in [-0.2, -0.15) is 0 Å². The third-order valence-electron chi connectivity index (χ3n) is 20.2. The molecule has 9 fully saturated rings. The highest BCUT2D eigenvalue weighted by atomic mass is 16.8. The lowest BCUT2D eigenvalue weighted by Gasteiger charge is -2.58. The number of aliphatic hydroxyl groups is 12. The van der Waals surface area contributed by atoms with Crippen molar-refractivity contribution in [1.82, 2.24) is 0 Å². The van der Waals surface area contributed by atoms with Crippen LogP contribution in [0.2, 0.25) is 0 Å². The van der Waals surface area contributed by atoms with Crippen LogP contribution in [0.3, 0.4) is 0 Å². The predicted molar refractivity (Wildman–Crippen MR) is 253 cm³/mol. The van der Waals surface area contributed by atoms with Gasteiger partial charge in [-0.05, 0) is 94.3 Å². The fraction of sp³-hybridized carbons (Fsp3) is 0.962. The molecule has 10 rings (SSSR count). The van der Waals surface area contributed by atoms with Crippen molar-refractivity contribution in [3.63, 3.8) is 0 Å². The molecule has 75 heavy (non-hydrogen) atoms. The summed E-state index contributed by atoms with van der Waals surface area (Å²) < 4.78 is 69.0. The normalized spacial score (nSPS) is 57.8. The molecular formula is C52H84O23. The summed E-state index contributed by atoms with van der Waals surface area (Å²) in [5.74, 6) is -1.01. The fourth-order valence-corrected chi connectivity index (χ4v) is 15.9. The zero-order chi connectivity index (χ0) is 54.1. The summed E-state index contributed by atoms with van der Waals surface area (Å²) in [4.78, 5) is 0. The van der Waals surface area contributed by atoms with E-state index in [2.05, 4.69) is 26.8 Å². The molecule has 0 aromatic carbocycles. The Hall–Kier alpha value is -1.18. The number of aliphatic hydroxyl groups excluding tert-OH is 12. The lowest BCUT2D eigenvalue weighted by molar-refractivity contribution is -0.388. The molecule has 0 amide bonds. The maximum Gasteiger partial charge on any atom is 0.187 e. The van der Waals surface area contributed by atoms with E-state index in [-0.39, 0.29) is 35.2 Å². The summed E-state index contributed by atoms with van der Waals surface area (Å²) in [5.41, 5.74) is 0.0721. The molecule has 0 unspecified atom stereocenters. The molecular weight excluding hydrogens is 993 g/mol. The van der Waals surface area contributed by atoms with E-state index in [1.54, 1.807) is 7.11 Å². The summed E-state index contributed by atoms with van der Waals surface area (Å²) in [6, 6.07) is 0. The molecule has 23 heteroatoms. The van der Waals surface area contributed by atoms with Crippen LogP contribution in [0.1, 0.15) is 99.3 Å². The fourth-order valence-electron chi connectivity index (χ4n) is 15.9. The molecule has 0 aromatic heterocycles. The zero-order valence-electron chi connectivity index (χ0n) is 43.9. The Bertz CT molecular complexity index is 2040. The van der Waals surface area contributed by atoms with Crippen molar-refractivity contribution < 1.29 is 113 Å². The second-order valence-electron chi connectivity index (χ2n) is 24.5. The third-order valence-corrected chi connectivity index (χ3v) is 20.2. The monoisotopic (exact) mass is 1080 g/mol. The molecule has 10 aliphatic rings.